The van der Waals surface area contributed by atoms with Crippen molar-refractivity contribution in [2.24, 2.45) is 0 Å². The Labute approximate surface area is 121 Å². The topological polar surface area (TPSA) is 66.5 Å². The zero-order valence-electron chi connectivity index (χ0n) is 11.3. The number of rotatable bonds is 3. The van der Waals surface area contributed by atoms with E-state index in [2.05, 4.69) is 5.32 Å². The van der Waals surface area contributed by atoms with E-state index in [-0.39, 0.29) is 35.4 Å². The summed E-state index contributed by atoms with van der Waals surface area (Å²) in [6.07, 6.45) is 4.03. The molecule has 7 heteroatoms. The number of nitrogens with zero attached hydrogens (tertiary/aromatic N) is 1. The highest BCUT2D eigenvalue weighted by molar-refractivity contribution is 7.92. The summed E-state index contributed by atoms with van der Waals surface area (Å²) in [7, 11) is -1.16. The minimum absolute atomic E-state index is 0. The maximum atomic E-state index is 12.1. The number of amides is 1. The van der Waals surface area contributed by atoms with Gasteiger partial charge in [-0.15, -0.1) is 12.4 Å². The Balaban J connectivity index is 0.00000180. The van der Waals surface area contributed by atoms with Gasteiger partial charge in [-0.1, -0.05) is 12.8 Å². The van der Waals surface area contributed by atoms with Crippen molar-refractivity contribution in [2.45, 2.75) is 43.4 Å². The van der Waals surface area contributed by atoms with Crippen LogP contribution in [0.4, 0.5) is 0 Å². The van der Waals surface area contributed by atoms with E-state index in [1.165, 1.54) is 0 Å². The number of nitrogens with one attached hydrogen (secondary N) is 1. The SMILES string of the molecule is CNCCC(=O)N1CCS(=O)(=O)C2CCCCC21.Cl. The number of carbonyl (C=O) groups excluding carboxylic acids is 1. The Morgan fingerprint density at radius 3 is 2.68 bits per heavy atom. The molecule has 1 N–H and O–H groups in total. The smallest absolute Gasteiger partial charge is 0.224 e. The Bertz CT molecular complexity index is 413. The number of sulfone groups is 1. The first-order valence-electron chi connectivity index (χ1n) is 6.72. The summed E-state index contributed by atoms with van der Waals surface area (Å²) < 4.78 is 24.1. The van der Waals surface area contributed by atoms with Gasteiger partial charge in [-0.2, -0.15) is 0 Å². The molecule has 0 aromatic rings. The van der Waals surface area contributed by atoms with Crippen molar-refractivity contribution in [1.82, 2.24) is 10.2 Å². The summed E-state index contributed by atoms with van der Waals surface area (Å²) in [5.74, 6) is 0.232. The van der Waals surface area contributed by atoms with E-state index < -0.39 is 9.84 Å². The lowest BCUT2D eigenvalue weighted by molar-refractivity contribution is -0.134. The molecule has 1 aliphatic carbocycles. The molecule has 0 radical (unpaired) electrons. The third-order valence-corrected chi connectivity index (χ3v) is 6.28. The molecule has 0 spiro atoms. The van der Waals surface area contributed by atoms with E-state index in [0.717, 1.165) is 25.7 Å². The third-order valence-electron chi connectivity index (χ3n) is 4.06. The van der Waals surface area contributed by atoms with Gasteiger partial charge >= 0.3 is 0 Å². The standard InChI is InChI=1S/C12H22N2O3S.ClH/c1-13-7-6-12(15)14-8-9-18(16,17)11-5-3-2-4-10(11)14;/h10-11,13H,2-9H2,1H3;1H. The Morgan fingerprint density at radius 1 is 1.32 bits per heavy atom. The van der Waals surface area contributed by atoms with Crippen molar-refractivity contribution in [3.8, 4) is 0 Å². The molecule has 1 amide bonds. The third kappa shape index (κ3) is 3.61. The summed E-state index contributed by atoms with van der Waals surface area (Å²) in [6, 6.07) is -0.0677. The first-order valence-corrected chi connectivity index (χ1v) is 8.43. The van der Waals surface area contributed by atoms with Crippen LogP contribution in [-0.2, 0) is 14.6 Å². The lowest BCUT2D eigenvalue weighted by Crippen LogP contribution is -2.57. The zero-order valence-corrected chi connectivity index (χ0v) is 12.9. The fourth-order valence-electron chi connectivity index (χ4n) is 3.08. The van der Waals surface area contributed by atoms with Gasteiger partial charge in [0.25, 0.3) is 0 Å². The molecule has 5 nitrogen and oxygen atoms in total. The van der Waals surface area contributed by atoms with Crippen LogP contribution in [0.25, 0.3) is 0 Å². The molecule has 0 bridgehead atoms. The lowest BCUT2D eigenvalue weighted by Gasteiger charge is -2.43. The molecule has 1 saturated carbocycles. The Hall–Kier alpha value is -0.330. The fraction of sp³-hybridized carbons (Fsp3) is 0.917. The zero-order chi connectivity index (χ0) is 13.2. The van der Waals surface area contributed by atoms with Crippen LogP contribution in [-0.4, -0.2) is 56.4 Å². The first-order chi connectivity index (χ1) is 8.56. The number of carbonyl (C=O) groups is 1. The summed E-state index contributed by atoms with van der Waals surface area (Å²) in [5.41, 5.74) is 0. The second-order valence-corrected chi connectivity index (χ2v) is 7.54. The molecule has 0 aromatic heterocycles. The van der Waals surface area contributed by atoms with Gasteiger partial charge < -0.3 is 10.2 Å². The van der Waals surface area contributed by atoms with Gasteiger partial charge in [-0.25, -0.2) is 8.42 Å². The van der Waals surface area contributed by atoms with Crippen molar-refractivity contribution in [3.05, 3.63) is 0 Å². The molecule has 112 valence electrons. The van der Waals surface area contributed by atoms with Crippen molar-refractivity contribution in [1.29, 1.82) is 0 Å². The summed E-state index contributed by atoms with van der Waals surface area (Å²) >= 11 is 0. The van der Waals surface area contributed by atoms with Crippen LogP contribution in [0.2, 0.25) is 0 Å². The van der Waals surface area contributed by atoms with Crippen LogP contribution >= 0.6 is 12.4 Å². The van der Waals surface area contributed by atoms with Crippen molar-refractivity contribution < 1.29 is 13.2 Å². The molecule has 19 heavy (non-hydrogen) atoms. The molecule has 1 aliphatic heterocycles. The van der Waals surface area contributed by atoms with Gasteiger partial charge in [0.15, 0.2) is 9.84 Å². The maximum absolute atomic E-state index is 12.1. The van der Waals surface area contributed by atoms with Gasteiger partial charge in [-0.05, 0) is 19.9 Å². The second kappa shape index (κ2) is 6.90. The molecule has 2 fully saturated rings. The average Bonchev–Trinajstić information content (AvgIpc) is 2.36. The van der Waals surface area contributed by atoms with Crippen LogP contribution in [0, 0.1) is 0 Å². The second-order valence-electron chi connectivity index (χ2n) is 5.20. The van der Waals surface area contributed by atoms with E-state index in [1.54, 1.807) is 0 Å². The first kappa shape index (κ1) is 16.7. The monoisotopic (exact) mass is 310 g/mol. The van der Waals surface area contributed by atoms with E-state index in [0.29, 0.717) is 19.5 Å². The molecule has 1 saturated heterocycles. The molecule has 2 atom stereocenters. The van der Waals surface area contributed by atoms with Crippen molar-refractivity contribution in [2.75, 3.05) is 25.9 Å². The van der Waals surface area contributed by atoms with Gasteiger partial charge in [0.05, 0.1) is 11.0 Å². The molecule has 2 aliphatic rings. The van der Waals surface area contributed by atoms with Gasteiger partial charge in [0, 0.05) is 25.6 Å². The lowest BCUT2D eigenvalue weighted by atomic mass is 9.93. The maximum Gasteiger partial charge on any atom is 0.224 e. The normalized spacial score (nSPS) is 29.2. The van der Waals surface area contributed by atoms with Gasteiger partial charge in [0.2, 0.25) is 5.91 Å². The molecule has 1 heterocycles. The fourth-order valence-corrected chi connectivity index (χ4v) is 5.12. The molecule has 2 rings (SSSR count). The van der Waals surface area contributed by atoms with Gasteiger partial charge in [0.1, 0.15) is 0 Å². The molecular formula is C12H23ClN2O3S. The highest BCUT2D eigenvalue weighted by atomic mass is 35.5. The van der Waals surface area contributed by atoms with E-state index in [9.17, 15) is 13.2 Å². The van der Waals surface area contributed by atoms with E-state index in [1.807, 2.05) is 11.9 Å². The minimum atomic E-state index is -2.98. The van der Waals surface area contributed by atoms with Gasteiger partial charge in [-0.3, -0.25) is 4.79 Å². The number of hydrogen-bond donors (Lipinski definition) is 1. The summed E-state index contributed by atoms with van der Waals surface area (Å²) in [4.78, 5) is 13.9. The summed E-state index contributed by atoms with van der Waals surface area (Å²) in [6.45, 7) is 1.03. The Morgan fingerprint density at radius 2 is 2.00 bits per heavy atom. The quantitative estimate of drug-likeness (QED) is 0.828. The average molecular weight is 311 g/mol. The Kier molecular flexibility index (Phi) is 6.08. The van der Waals surface area contributed by atoms with Crippen molar-refractivity contribution >= 4 is 28.2 Å². The molecule has 0 aromatic carbocycles. The predicted octanol–water partition coefficient (Wildman–Crippen LogP) is 0.586. The number of halogens is 1. The van der Waals surface area contributed by atoms with Crippen LogP contribution < -0.4 is 5.32 Å². The number of hydrogen-bond acceptors (Lipinski definition) is 4. The minimum Gasteiger partial charge on any atom is -0.337 e. The highest BCUT2D eigenvalue weighted by Gasteiger charge is 2.43. The van der Waals surface area contributed by atoms with Crippen molar-refractivity contribution in [3.63, 3.8) is 0 Å². The van der Waals surface area contributed by atoms with Crippen LogP contribution in [0.3, 0.4) is 0 Å². The predicted molar refractivity (Wildman–Crippen MR) is 77.3 cm³/mol. The van der Waals surface area contributed by atoms with E-state index >= 15 is 0 Å². The molecule has 2 unspecified atom stereocenters. The molecular weight excluding hydrogens is 288 g/mol. The highest BCUT2D eigenvalue weighted by Crippen LogP contribution is 2.32. The van der Waals surface area contributed by atoms with Crippen LogP contribution in [0.5, 0.6) is 0 Å². The van der Waals surface area contributed by atoms with Crippen LogP contribution in [0.15, 0.2) is 0 Å². The number of fused-ring (bicyclic) bond motifs is 1. The largest absolute Gasteiger partial charge is 0.337 e. The van der Waals surface area contributed by atoms with Crippen LogP contribution in [0.1, 0.15) is 32.1 Å². The summed E-state index contributed by atoms with van der Waals surface area (Å²) in [5, 5.41) is 2.65. The van der Waals surface area contributed by atoms with E-state index in [4.69, 9.17) is 0 Å².